The van der Waals surface area contributed by atoms with Crippen LogP contribution in [0.1, 0.15) is 38.9 Å². The van der Waals surface area contributed by atoms with E-state index in [1.165, 1.54) is 7.11 Å². The van der Waals surface area contributed by atoms with Gasteiger partial charge in [0, 0.05) is 0 Å². The average Bonchev–Trinajstić information content (AvgIpc) is 3.04. The molecule has 148 valence electrons. The molecule has 6 heteroatoms. The van der Waals surface area contributed by atoms with Gasteiger partial charge in [0.2, 0.25) is 5.76 Å². The molecule has 3 aromatic rings. The summed E-state index contributed by atoms with van der Waals surface area (Å²) in [5.41, 5.74) is 3.04. The normalized spacial score (nSPS) is 15.1. The van der Waals surface area contributed by atoms with Gasteiger partial charge in [-0.15, -0.1) is 0 Å². The van der Waals surface area contributed by atoms with Crippen LogP contribution in [0.2, 0.25) is 0 Å². The summed E-state index contributed by atoms with van der Waals surface area (Å²) in [6.45, 7) is 7.76. The molecular formula is C23H21NO5. The predicted octanol–water partition coefficient (Wildman–Crippen LogP) is 3.82. The van der Waals surface area contributed by atoms with Crippen molar-refractivity contribution in [2.75, 3.05) is 13.7 Å². The Morgan fingerprint density at radius 1 is 1.17 bits per heavy atom. The maximum Gasteiger partial charge on any atom is 0.288 e. The van der Waals surface area contributed by atoms with Gasteiger partial charge in [-0.2, -0.15) is 0 Å². The fraction of sp³-hybridized carbons (Fsp3) is 0.217. The van der Waals surface area contributed by atoms with E-state index < -0.39 is 11.9 Å². The number of carbonyl (C=O) groups excluding carboxylic acids is 1. The molecule has 29 heavy (non-hydrogen) atoms. The zero-order valence-electron chi connectivity index (χ0n) is 16.5. The molecule has 2 heterocycles. The van der Waals surface area contributed by atoms with Crippen molar-refractivity contribution in [3.8, 4) is 11.5 Å². The van der Waals surface area contributed by atoms with Gasteiger partial charge in [-0.3, -0.25) is 9.59 Å². The van der Waals surface area contributed by atoms with E-state index in [1.807, 2.05) is 19.9 Å². The number of amides is 1. The highest BCUT2D eigenvalue weighted by Crippen LogP contribution is 2.36. The summed E-state index contributed by atoms with van der Waals surface area (Å²) in [5, 5.41) is 3.33. The number of rotatable bonds is 5. The summed E-state index contributed by atoms with van der Waals surface area (Å²) in [7, 11) is 1.54. The van der Waals surface area contributed by atoms with Crippen molar-refractivity contribution in [3.63, 3.8) is 0 Å². The molecule has 1 N–H and O–H groups in total. The number of methoxy groups -OCH3 is 1. The van der Waals surface area contributed by atoms with E-state index >= 15 is 0 Å². The van der Waals surface area contributed by atoms with Crippen LogP contribution in [0.4, 0.5) is 0 Å². The van der Waals surface area contributed by atoms with E-state index in [1.54, 1.807) is 30.3 Å². The third-order valence-electron chi connectivity index (χ3n) is 5.01. The highest BCUT2D eigenvalue weighted by atomic mass is 16.5. The van der Waals surface area contributed by atoms with Crippen molar-refractivity contribution < 1.29 is 18.7 Å². The number of aryl methyl sites for hydroxylation is 2. The number of hydrogen-bond acceptors (Lipinski definition) is 5. The molecule has 4 rings (SSSR count). The molecule has 1 aliphatic rings. The molecular weight excluding hydrogens is 370 g/mol. The fourth-order valence-electron chi connectivity index (χ4n) is 3.75. The lowest BCUT2D eigenvalue weighted by Gasteiger charge is -2.15. The molecule has 0 aliphatic carbocycles. The van der Waals surface area contributed by atoms with Gasteiger partial charge in [-0.1, -0.05) is 24.8 Å². The number of benzene rings is 2. The Morgan fingerprint density at radius 3 is 2.69 bits per heavy atom. The van der Waals surface area contributed by atoms with Crippen LogP contribution >= 0.6 is 0 Å². The second kappa shape index (κ2) is 7.13. The van der Waals surface area contributed by atoms with Crippen molar-refractivity contribution in [1.82, 2.24) is 5.32 Å². The first-order valence-corrected chi connectivity index (χ1v) is 9.25. The van der Waals surface area contributed by atoms with Crippen LogP contribution in [0.25, 0.3) is 11.0 Å². The first-order valence-electron chi connectivity index (χ1n) is 9.25. The van der Waals surface area contributed by atoms with E-state index in [2.05, 4.69) is 11.9 Å². The molecule has 2 aromatic carbocycles. The zero-order chi connectivity index (χ0) is 20.7. The van der Waals surface area contributed by atoms with Crippen molar-refractivity contribution in [3.05, 3.63) is 81.2 Å². The Hall–Kier alpha value is -3.54. The third-order valence-corrected chi connectivity index (χ3v) is 5.01. The second-order valence-corrected chi connectivity index (χ2v) is 7.05. The average molecular weight is 391 g/mol. The Labute approximate surface area is 167 Å². The van der Waals surface area contributed by atoms with E-state index in [9.17, 15) is 9.59 Å². The van der Waals surface area contributed by atoms with E-state index in [0.717, 1.165) is 11.1 Å². The number of carbonyl (C=O) groups is 1. The molecule has 6 nitrogen and oxygen atoms in total. The Bertz CT molecular complexity index is 1210. The second-order valence-electron chi connectivity index (χ2n) is 7.05. The van der Waals surface area contributed by atoms with Gasteiger partial charge in [0.25, 0.3) is 5.91 Å². The van der Waals surface area contributed by atoms with Crippen molar-refractivity contribution in [2.45, 2.75) is 19.9 Å². The van der Waals surface area contributed by atoms with E-state index in [-0.39, 0.29) is 11.2 Å². The monoisotopic (exact) mass is 391 g/mol. The summed E-state index contributed by atoms with van der Waals surface area (Å²) in [4.78, 5) is 25.9. The summed E-state index contributed by atoms with van der Waals surface area (Å²) in [6.07, 6.45) is 1.64. The minimum atomic E-state index is -0.624. The molecule has 0 fully saturated rings. The number of hydrogen-bond donors (Lipinski definition) is 1. The highest BCUT2D eigenvalue weighted by Gasteiger charge is 2.36. The van der Waals surface area contributed by atoms with E-state index in [0.29, 0.717) is 40.2 Å². The van der Waals surface area contributed by atoms with Crippen LogP contribution in [0.15, 0.2) is 52.2 Å². The standard InChI is InChI=1S/C23H21NO5/c1-5-8-28-16-7-6-14(11-17(16)27-4)19-18-20(25)15-10-12(2)9-13(3)21(15)29-22(18)23(26)24-19/h5-7,9-11,19H,1,8H2,2-4H3,(H,24,26). The molecule has 1 aliphatic heterocycles. The van der Waals surface area contributed by atoms with Crippen LogP contribution in [-0.4, -0.2) is 19.6 Å². The van der Waals surface area contributed by atoms with Gasteiger partial charge in [-0.25, -0.2) is 0 Å². The molecule has 0 spiro atoms. The predicted molar refractivity (Wildman–Crippen MR) is 110 cm³/mol. The minimum absolute atomic E-state index is 0.0606. The molecule has 0 saturated heterocycles. The largest absolute Gasteiger partial charge is 0.493 e. The van der Waals surface area contributed by atoms with Gasteiger partial charge in [0.05, 0.1) is 24.1 Å². The quantitative estimate of drug-likeness (QED) is 0.669. The molecule has 1 amide bonds. The molecule has 0 bridgehead atoms. The summed E-state index contributed by atoms with van der Waals surface area (Å²) >= 11 is 0. The van der Waals surface area contributed by atoms with Crippen LogP contribution < -0.4 is 20.2 Å². The topological polar surface area (TPSA) is 77.8 Å². The lowest BCUT2D eigenvalue weighted by atomic mass is 9.97. The third kappa shape index (κ3) is 3.06. The molecule has 1 atom stereocenters. The van der Waals surface area contributed by atoms with E-state index in [4.69, 9.17) is 13.9 Å². The Kier molecular flexibility index (Phi) is 4.62. The van der Waals surface area contributed by atoms with Crippen molar-refractivity contribution in [2.24, 2.45) is 0 Å². The summed E-state index contributed by atoms with van der Waals surface area (Å²) < 4.78 is 16.9. The molecule has 0 radical (unpaired) electrons. The zero-order valence-corrected chi connectivity index (χ0v) is 16.5. The van der Waals surface area contributed by atoms with Gasteiger partial charge >= 0.3 is 0 Å². The summed E-state index contributed by atoms with van der Waals surface area (Å²) in [5.74, 6) is 0.710. The van der Waals surface area contributed by atoms with Crippen LogP contribution in [0.3, 0.4) is 0 Å². The first-order chi connectivity index (χ1) is 13.9. The summed E-state index contributed by atoms with van der Waals surface area (Å²) in [6, 6.07) is 8.39. The van der Waals surface area contributed by atoms with Gasteiger partial charge in [-0.05, 0) is 48.7 Å². The lowest BCUT2D eigenvalue weighted by Crippen LogP contribution is -2.22. The smallest absolute Gasteiger partial charge is 0.288 e. The van der Waals surface area contributed by atoms with Gasteiger partial charge < -0.3 is 19.2 Å². The van der Waals surface area contributed by atoms with Crippen LogP contribution in [-0.2, 0) is 0 Å². The van der Waals surface area contributed by atoms with Crippen molar-refractivity contribution in [1.29, 1.82) is 0 Å². The van der Waals surface area contributed by atoms with Gasteiger partial charge in [0.15, 0.2) is 16.9 Å². The SMILES string of the molecule is C=CCOc1ccc(C2NC(=O)c3oc4c(C)cc(C)cc4c(=O)c32)cc1OC. The van der Waals surface area contributed by atoms with Crippen LogP contribution in [0, 0.1) is 13.8 Å². The maximum atomic E-state index is 13.3. The molecule has 1 aromatic heterocycles. The Morgan fingerprint density at radius 2 is 1.97 bits per heavy atom. The molecule has 1 unspecified atom stereocenters. The lowest BCUT2D eigenvalue weighted by molar-refractivity contribution is 0.0938. The van der Waals surface area contributed by atoms with Gasteiger partial charge in [0.1, 0.15) is 12.2 Å². The van der Waals surface area contributed by atoms with Crippen LogP contribution in [0.5, 0.6) is 11.5 Å². The fourth-order valence-corrected chi connectivity index (χ4v) is 3.75. The number of ether oxygens (including phenoxy) is 2. The minimum Gasteiger partial charge on any atom is -0.493 e. The molecule has 0 saturated carbocycles. The first kappa shape index (κ1) is 18.8. The van der Waals surface area contributed by atoms with Crippen molar-refractivity contribution >= 4 is 16.9 Å². The highest BCUT2D eigenvalue weighted by molar-refractivity contribution is 5.99. The maximum absolute atomic E-state index is 13.3. The number of nitrogens with one attached hydrogen (secondary N) is 1. The Balaban J connectivity index is 1.88. The number of fused-ring (bicyclic) bond motifs is 2.